The lowest BCUT2D eigenvalue weighted by atomic mass is 10.2. The van der Waals surface area contributed by atoms with Gasteiger partial charge in [0.25, 0.3) is 0 Å². The predicted molar refractivity (Wildman–Crippen MR) is 61.7 cm³/mol. The molecule has 1 heterocycles. The number of pyridine rings is 1. The molecule has 1 aromatic rings. The minimum absolute atomic E-state index is 0.380. The van der Waals surface area contributed by atoms with Gasteiger partial charge in [-0.1, -0.05) is 0 Å². The third kappa shape index (κ3) is 1.53. The molecular formula is C9H17N5. The first kappa shape index (κ1) is 10.4. The highest BCUT2D eigenvalue weighted by atomic mass is 15.2. The second kappa shape index (κ2) is 3.61. The molecule has 0 aliphatic carbocycles. The van der Waals surface area contributed by atoms with Crippen molar-refractivity contribution in [1.82, 2.24) is 4.98 Å². The van der Waals surface area contributed by atoms with E-state index in [2.05, 4.69) is 10.3 Å². The molecule has 0 amide bonds. The van der Waals surface area contributed by atoms with Crippen molar-refractivity contribution in [3.05, 3.63) is 5.56 Å². The number of rotatable bonds is 2. The molecule has 0 saturated heterocycles. The Bertz CT molecular complexity index is 346. The average Bonchev–Trinajstić information content (AvgIpc) is 2.13. The van der Waals surface area contributed by atoms with Gasteiger partial charge in [0.1, 0.15) is 5.82 Å². The lowest BCUT2D eigenvalue weighted by molar-refractivity contribution is 1.07. The second-order valence-electron chi connectivity index (χ2n) is 3.38. The van der Waals surface area contributed by atoms with Crippen LogP contribution in [0.4, 0.5) is 23.0 Å². The number of nitrogens with zero attached hydrogens (tertiary/aromatic N) is 2. The van der Waals surface area contributed by atoms with Crippen LogP contribution in [0.15, 0.2) is 0 Å². The van der Waals surface area contributed by atoms with E-state index < -0.39 is 0 Å². The Morgan fingerprint density at radius 2 is 1.86 bits per heavy atom. The van der Waals surface area contributed by atoms with Crippen molar-refractivity contribution >= 4 is 23.0 Å². The van der Waals surface area contributed by atoms with Crippen molar-refractivity contribution < 1.29 is 0 Å². The fourth-order valence-electron chi connectivity index (χ4n) is 1.35. The minimum atomic E-state index is 0.380. The maximum absolute atomic E-state index is 5.78. The van der Waals surface area contributed by atoms with Gasteiger partial charge in [-0.15, -0.1) is 0 Å². The number of nitrogens with one attached hydrogen (secondary N) is 1. The summed E-state index contributed by atoms with van der Waals surface area (Å²) in [6, 6.07) is 0. The van der Waals surface area contributed by atoms with E-state index in [1.807, 2.05) is 33.0 Å². The van der Waals surface area contributed by atoms with Crippen LogP contribution in [0.2, 0.25) is 0 Å². The van der Waals surface area contributed by atoms with E-state index in [1.165, 1.54) is 0 Å². The van der Waals surface area contributed by atoms with Gasteiger partial charge in [0.05, 0.1) is 11.4 Å². The summed E-state index contributed by atoms with van der Waals surface area (Å²) in [6.45, 7) is 1.92. The number of nitrogen functional groups attached to an aromatic ring is 2. The highest BCUT2D eigenvalue weighted by molar-refractivity contribution is 5.80. The van der Waals surface area contributed by atoms with Gasteiger partial charge in [0.15, 0.2) is 5.82 Å². The van der Waals surface area contributed by atoms with E-state index in [9.17, 15) is 0 Å². The van der Waals surface area contributed by atoms with Crippen molar-refractivity contribution in [2.45, 2.75) is 6.92 Å². The van der Waals surface area contributed by atoms with Crippen LogP contribution in [0.3, 0.4) is 0 Å². The topological polar surface area (TPSA) is 80.2 Å². The molecule has 5 nitrogen and oxygen atoms in total. The summed E-state index contributed by atoms with van der Waals surface area (Å²) >= 11 is 0. The molecule has 5 N–H and O–H groups in total. The molecule has 1 aromatic heterocycles. The van der Waals surface area contributed by atoms with Gasteiger partial charge >= 0.3 is 0 Å². The van der Waals surface area contributed by atoms with Crippen LogP contribution in [-0.2, 0) is 0 Å². The maximum atomic E-state index is 5.78. The highest BCUT2D eigenvalue weighted by Crippen LogP contribution is 2.32. The van der Waals surface area contributed by atoms with Gasteiger partial charge in [-0.2, -0.15) is 0 Å². The molecule has 0 atom stereocenters. The number of nitrogens with two attached hydrogens (primary N) is 2. The Balaban J connectivity index is 3.43. The smallest absolute Gasteiger partial charge is 0.154 e. The van der Waals surface area contributed by atoms with E-state index >= 15 is 0 Å². The van der Waals surface area contributed by atoms with Crippen molar-refractivity contribution in [3.63, 3.8) is 0 Å². The molecule has 78 valence electrons. The van der Waals surface area contributed by atoms with E-state index in [0.29, 0.717) is 11.5 Å². The van der Waals surface area contributed by atoms with Crippen molar-refractivity contribution in [2.75, 3.05) is 42.8 Å². The molecule has 0 radical (unpaired) electrons. The van der Waals surface area contributed by atoms with Crippen molar-refractivity contribution in [2.24, 2.45) is 0 Å². The van der Waals surface area contributed by atoms with Crippen molar-refractivity contribution in [1.29, 1.82) is 0 Å². The predicted octanol–water partition coefficient (Wildman–Crippen LogP) is 0.662. The van der Waals surface area contributed by atoms with Crippen LogP contribution in [0.25, 0.3) is 0 Å². The quantitative estimate of drug-likeness (QED) is 0.646. The van der Waals surface area contributed by atoms with Gasteiger partial charge in [0.2, 0.25) is 0 Å². The Morgan fingerprint density at radius 1 is 1.29 bits per heavy atom. The zero-order valence-corrected chi connectivity index (χ0v) is 9.05. The normalized spacial score (nSPS) is 10.0. The van der Waals surface area contributed by atoms with Crippen LogP contribution in [-0.4, -0.2) is 26.1 Å². The molecule has 0 saturated carbocycles. The highest BCUT2D eigenvalue weighted by Gasteiger charge is 2.13. The summed E-state index contributed by atoms with van der Waals surface area (Å²) in [6.07, 6.45) is 0. The van der Waals surface area contributed by atoms with Crippen LogP contribution >= 0.6 is 0 Å². The van der Waals surface area contributed by atoms with Gasteiger partial charge in [-0.3, -0.25) is 0 Å². The third-order valence-corrected chi connectivity index (χ3v) is 2.18. The molecule has 0 bridgehead atoms. The first-order valence-corrected chi connectivity index (χ1v) is 4.39. The second-order valence-corrected chi connectivity index (χ2v) is 3.38. The van der Waals surface area contributed by atoms with Crippen molar-refractivity contribution in [3.8, 4) is 0 Å². The fraction of sp³-hybridized carbons (Fsp3) is 0.444. The summed E-state index contributed by atoms with van der Waals surface area (Å²) in [4.78, 5) is 6.12. The number of hydrogen-bond acceptors (Lipinski definition) is 5. The van der Waals surface area contributed by atoms with Crippen LogP contribution in [0.5, 0.6) is 0 Å². The molecular weight excluding hydrogens is 178 g/mol. The Kier molecular flexibility index (Phi) is 2.69. The first-order chi connectivity index (χ1) is 6.49. The zero-order chi connectivity index (χ0) is 10.9. The number of aromatic nitrogens is 1. The van der Waals surface area contributed by atoms with E-state index in [4.69, 9.17) is 11.5 Å². The molecule has 0 aromatic carbocycles. The Hall–Kier alpha value is -1.65. The average molecular weight is 195 g/mol. The fourth-order valence-corrected chi connectivity index (χ4v) is 1.35. The Morgan fingerprint density at radius 3 is 2.29 bits per heavy atom. The van der Waals surface area contributed by atoms with Crippen LogP contribution in [0, 0.1) is 6.92 Å². The summed E-state index contributed by atoms with van der Waals surface area (Å²) in [5.41, 5.74) is 13.9. The SMILES string of the molecule is CNc1c(N(C)C)nc(N)c(N)c1C. The number of hydrogen-bond donors (Lipinski definition) is 3. The lowest BCUT2D eigenvalue weighted by Gasteiger charge is -2.19. The molecule has 0 aliphatic rings. The third-order valence-electron chi connectivity index (χ3n) is 2.18. The summed E-state index contributed by atoms with van der Waals surface area (Å²) in [5.74, 6) is 1.18. The van der Waals surface area contributed by atoms with Gasteiger partial charge in [0, 0.05) is 26.7 Å². The summed E-state index contributed by atoms with van der Waals surface area (Å²) in [7, 11) is 5.67. The summed E-state index contributed by atoms with van der Waals surface area (Å²) in [5, 5.41) is 3.07. The summed E-state index contributed by atoms with van der Waals surface area (Å²) < 4.78 is 0. The van der Waals surface area contributed by atoms with Gasteiger partial charge in [-0.05, 0) is 6.92 Å². The molecule has 0 fully saturated rings. The first-order valence-electron chi connectivity index (χ1n) is 4.39. The van der Waals surface area contributed by atoms with Crippen LogP contribution < -0.4 is 21.7 Å². The molecule has 14 heavy (non-hydrogen) atoms. The van der Waals surface area contributed by atoms with Crippen LogP contribution in [0.1, 0.15) is 5.56 Å². The number of anilines is 4. The van der Waals surface area contributed by atoms with E-state index in [-0.39, 0.29) is 0 Å². The molecule has 0 unspecified atom stereocenters. The largest absolute Gasteiger partial charge is 0.395 e. The maximum Gasteiger partial charge on any atom is 0.154 e. The standard InChI is InChI=1S/C9H17N5/c1-5-6(10)8(11)13-9(14(3)4)7(5)12-2/h12H,10H2,1-4H3,(H2,11,13). The molecule has 0 spiro atoms. The van der Waals surface area contributed by atoms with E-state index in [1.54, 1.807) is 0 Å². The molecule has 5 heteroatoms. The van der Waals surface area contributed by atoms with Gasteiger partial charge in [-0.25, -0.2) is 4.98 Å². The molecule has 0 aliphatic heterocycles. The lowest BCUT2D eigenvalue weighted by Crippen LogP contribution is -2.16. The monoisotopic (exact) mass is 195 g/mol. The molecule has 1 rings (SSSR count). The van der Waals surface area contributed by atoms with E-state index in [0.717, 1.165) is 17.1 Å². The minimum Gasteiger partial charge on any atom is -0.395 e. The zero-order valence-electron chi connectivity index (χ0n) is 9.05. The Labute approximate surface area is 84.1 Å². The van der Waals surface area contributed by atoms with Gasteiger partial charge < -0.3 is 21.7 Å².